The highest BCUT2D eigenvalue weighted by Gasteiger charge is 2.17. The van der Waals surface area contributed by atoms with Crippen LogP contribution in [0.1, 0.15) is 24.6 Å². The molecule has 0 bridgehead atoms. The van der Waals surface area contributed by atoms with Crippen LogP contribution in [0.3, 0.4) is 0 Å². The minimum absolute atomic E-state index is 0.0870. The average Bonchev–Trinajstić information content (AvgIpc) is 2.51. The van der Waals surface area contributed by atoms with Crippen molar-refractivity contribution in [2.75, 3.05) is 6.61 Å². The minimum atomic E-state index is -1.04. The Morgan fingerprint density at radius 1 is 1.26 bits per heavy atom. The number of carbonyl (C=O) groups excluding carboxylic acids is 1. The highest BCUT2D eigenvalue weighted by Crippen LogP contribution is 2.31. The number of halogens is 2. The molecule has 4 nitrogen and oxygen atoms in total. The third kappa shape index (κ3) is 3.75. The molecule has 0 saturated carbocycles. The number of pyridine rings is 1. The van der Waals surface area contributed by atoms with Crippen LogP contribution in [-0.4, -0.2) is 17.7 Å². The Hall–Kier alpha value is -2.68. The highest BCUT2D eigenvalue weighted by molar-refractivity contribution is 5.88. The molecule has 0 aliphatic carbocycles. The van der Waals surface area contributed by atoms with Crippen LogP contribution in [0.25, 0.3) is 10.9 Å². The first-order valence-electron chi connectivity index (χ1n) is 6.94. The first kappa shape index (κ1) is 16.7. The zero-order valence-corrected chi connectivity index (χ0v) is 13.0. The Labute approximate surface area is 132 Å². The molecule has 6 heteroatoms. The number of fused-ring (bicyclic) bond motifs is 1. The normalized spacial score (nSPS) is 10.1. The summed E-state index contributed by atoms with van der Waals surface area (Å²) in [5.74, 6) is 3.48. The topological polar surface area (TPSA) is 48.4 Å². The van der Waals surface area contributed by atoms with Crippen LogP contribution in [0.4, 0.5) is 13.6 Å². The van der Waals surface area contributed by atoms with Gasteiger partial charge in [-0.1, -0.05) is 0 Å². The van der Waals surface area contributed by atoms with E-state index in [1.54, 1.807) is 20.8 Å². The SMILES string of the molecule is CC#CCCOC(=O)Oc1c(C)c(C)nc2cc(F)c(F)cc12. The number of nitrogens with zero attached hydrogens (tertiary/aromatic N) is 1. The fraction of sp³-hybridized carbons (Fsp3) is 0.294. The summed E-state index contributed by atoms with van der Waals surface area (Å²) in [6.07, 6.45) is -0.539. The van der Waals surface area contributed by atoms with Gasteiger partial charge in [0.15, 0.2) is 11.6 Å². The van der Waals surface area contributed by atoms with Crippen molar-refractivity contribution >= 4 is 17.1 Å². The second-order valence-corrected chi connectivity index (χ2v) is 4.81. The van der Waals surface area contributed by atoms with Crippen LogP contribution in [-0.2, 0) is 4.74 Å². The van der Waals surface area contributed by atoms with Gasteiger partial charge in [-0.2, -0.15) is 0 Å². The predicted molar refractivity (Wildman–Crippen MR) is 81.2 cm³/mol. The fourth-order valence-electron chi connectivity index (χ4n) is 2.00. The summed E-state index contributed by atoms with van der Waals surface area (Å²) in [4.78, 5) is 15.9. The summed E-state index contributed by atoms with van der Waals surface area (Å²) in [5, 5.41) is 0.206. The summed E-state index contributed by atoms with van der Waals surface area (Å²) in [7, 11) is 0. The minimum Gasteiger partial charge on any atom is -0.433 e. The van der Waals surface area contributed by atoms with Crippen molar-refractivity contribution in [1.82, 2.24) is 4.98 Å². The molecule has 0 fully saturated rings. The summed E-state index contributed by atoms with van der Waals surface area (Å²) < 4.78 is 36.9. The molecule has 1 heterocycles. The molecule has 0 aliphatic rings. The van der Waals surface area contributed by atoms with Crippen molar-refractivity contribution < 1.29 is 23.0 Å². The Morgan fingerprint density at radius 3 is 2.65 bits per heavy atom. The third-order valence-electron chi connectivity index (χ3n) is 3.26. The maximum Gasteiger partial charge on any atom is 0.513 e. The highest BCUT2D eigenvalue weighted by atomic mass is 19.2. The van der Waals surface area contributed by atoms with Crippen LogP contribution in [0, 0.1) is 37.3 Å². The van der Waals surface area contributed by atoms with Crippen molar-refractivity contribution in [3.8, 4) is 17.6 Å². The molecule has 23 heavy (non-hydrogen) atoms. The first-order valence-corrected chi connectivity index (χ1v) is 6.94. The fourth-order valence-corrected chi connectivity index (χ4v) is 2.00. The molecule has 0 saturated heterocycles. The predicted octanol–water partition coefficient (Wildman–Crippen LogP) is 4.06. The maximum absolute atomic E-state index is 13.5. The van der Waals surface area contributed by atoms with E-state index in [1.165, 1.54) is 0 Å². The molecule has 0 N–H and O–H groups in total. The summed E-state index contributed by atoms with van der Waals surface area (Å²) in [6, 6.07) is 1.92. The number of carbonyl (C=O) groups is 1. The molecule has 1 aromatic heterocycles. The summed E-state index contributed by atoms with van der Waals surface area (Å²) in [5.41, 5.74) is 1.30. The van der Waals surface area contributed by atoms with Crippen LogP contribution >= 0.6 is 0 Å². The van der Waals surface area contributed by atoms with E-state index in [0.29, 0.717) is 17.7 Å². The van der Waals surface area contributed by atoms with Crippen molar-refractivity contribution in [2.45, 2.75) is 27.2 Å². The number of hydrogen-bond acceptors (Lipinski definition) is 4. The second kappa shape index (κ2) is 7.05. The van der Waals surface area contributed by atoms with Crippen molar-refractivity contribution in [1.29, 1.82) is 0 Å². The lowest BCUT2D eigenvalue weighted by molar-refractivity contribution is 0.101. The summed E-state index contributed by atoms with van der Waals surface area (Å²) >= 11 is 0. The lowest BCUT2D eigenvalue weighted by Gasteiger charge is -2.12. The lowest BCUT2D eigenvalue weighted by atomic mass is 10.1. The number of ether oxygens (including phenoxy) is 2. The standard InChI is InChI=1S/C17H15F2NO3/c1-4-5-6-7-22-17(21)23-16-10(2)11(3)20-15-9-14(19)13(18)8-12(15)16/h8-9H,6-7H2,1-3H3. The first-order chi connectivity index (χ1) is 10.9. The van der Waals surface area contributed by atoms with Gasteiger partial charge in [0.05, 0.1) is 5.52 Å². The van der Waals surface area contributed by atoms with Gasteiger partial charge in [0.2, 0.25) is 0 Å². The zero-order chi connectivity index (χ0) is 17.0. The van der Waals surface area contributed by atoms with Gasteiger partial charge in [-0.05, 0) is 26.8 Å². The number of rotatable bonds is 3. The third-order valence-corrected chi connectivity index (χ3v) is 3.26. The van der Waals surface area contributed by atoms with E-state index < -0.39 is 17.8 Å². The Morgan fingerprint density at radius 2 is 1.96 bits per heavy atom. The van der Waals surface area contributed by atoms with Crippen LogP contribution in [0.15, 0.2) is 12.1 Å². The zero-order valence-electron chi connectivity index (χ0n) is 13.0. The van der Waals surface area contributed by atoms with Crippen LogP contribution < -0.4 is 4.74 Å². The number of benzene rings is 1. The average molecular weight is 319 g/mol. The number of hydrogen-bond donors (Lipinski definition) is 0. The molecule has 0 radical (unpaired) electrons. The lowest BCUT2D eigenvalue weighted by Crippen LogP contribution is -2.13. The van der Waals surface area contributed by atoms with E-state index in [9.17, 15) is 13.6 Å². The van der Waals surface area contributed by atoms with Gasteiger partial charge in [-0.15, -0.1) is 11.8 Å². The smallest absolute Gasteiger partial charge is 0.433 e. The van der Waals surface area contributed by atoms with Crippen molar-refractivity contribution in [3.05, 3.63) is 35.0 Å². The van der Waals surface area contributed by atoms with Crippen molar-refractivity contribution in [3.63, 3.8) is 0 Å². The molecular weight excluding hydrogens is 304 g/mol. The van der Waals surface area contributed by atoms with Crippen LogP contribution in [0.2, 0.25) is 0 Å². The largest absolute Gasteiger partial charge is 0.513 e. The Kier molecular flexibility index (Phi) is 5.12. The molecule has 1 aromatic carbocycles. The molecule has 0 amide bonds. The van der Waals surface area contributed by atoms with E-state index in [-0.39, 0.29) is 23.3 Å². The van der Waals surface area contributed by atoms with E-state index in [4.69, 9.17) is 9.47 Å². The molecule has 0 spiro atoms. The molecule has 0 unspecified atom stereocenters. The van der Waals surface area contributed by atoms with Gasteiger partial charge in [-0.3, -0.25) is 4.98 Å². The monoisotopic (exact) mass is 319 g/mol. The quantitative estimate of drug-likeness (QED) is 0.486. The molecule has 0 atom stereocenters. The molecule has 0 aliphatic heterocycles. The van der Waals surface area contributed by atoms with Gasteiger partial charge >= 0.3 is 6.16 Å². The van der Waals surface area contributed by atoms with E-state index in [1.807, 2.05) is 0 Å². The molecular formula is C17H15F2NO3. The van der Waals surface area contributed by atoms with Gasteiger partial charge < -0.3 is 9.47 Å². The van der Waals surface area contributed by atoms with Gasteiger partial charge in [0.25, 0.3) is 0 Å². The van der Waals surface area contributed by atoms with Gasteiger partial charge in [0.1, 0.15) is 12.4 Å². The van der Waals surface area contributed by atoms with Gasteiger partial charge in [-0.25, -0.2) is 13.6 Å². The Bertz CT molecular complexity index is 817. The maximum atomic E-state index is 13.5. The summed E-state index contributed by atoms with van der Waals surface area (Å²) in [6.45, 7) is 5.13. The molecule has 2 rings (SSSR count). The van der Waals surface area contributed by atoms with Crippen LogP contribution in [0.5, 0.6) is 5.75 Å². The van der Waals surface area contributed by atoms with Crippen molar-refractivity contribution in [2.24, 2.45) is 0 Å². The Balaban J connectivity index is 2.34. The molecule has 120 valence electrons. The molecule has 2 aromatic rings. The van der Waals surface area contributed by atoms with Gasteiger partial charge in [0, 0.05) is 29.1 Å². The van der Waals surface area contributed by atoms with E-state index in [2.05, 4.69) is 16.8 Å². The van der Waals surface area contributed by atoms with E-state index >= 15 is 0 Å². The number of aryl methyl sites for hydroxylation is 1. The number of aromatic nitrogens is 1. The second-order valence-electron chi connectivity index (χ2n) is 4.81. The van der Waals surface area contributed by atoms with E-state index in [0.717, 1.165) is 12.1 Å².